The van der Waals surface area contributed by atoms with Crippen LogP contribution < -0.4 is 10.5 Å². The van der Waals surface area contributed by atoms with Gasteiger partial charge in [0.25, 0.3) is 5.56 Å². The van der Waals surface area contributed by atoms with Gasteiger partial charge in [0.05, 0.1) is 5.56 Å². The molecule has 1 aromatic carbocycles. The number of aromatic carboxylic acids is 1. The number of aromatic amines is 1. The van der Waals surface area contributed by atoms with Gasteiger partial charge in [0.15, 0.2) is 0 Å². The third-order valence-corrected chi connectivity index (χ3v) is 4.22. The van der Waals surface area contributed by atoms with Gasteiger partial charge in [-0.15, -0.1) is 12.4 Å². The maximum Gasteiger partial charge on any atom is 0.336 e. The van der Waals surface area contributed by atoms with E-state index in [1.54, 1.807) is 18.2 Å². The first-order chi connectivity index (χ1) is 10.1. The fourth-order valence-corrected chi connectivity index (χ4v) is 3.07. The number of piperidine rings is 1. The lowest BCUT2D eigenvalue weighted by Gasteiger charge is -2.35. The van der Waals surface area contributed by atoms with Crippen molar-refractivity contribution >= 4 is 35.0 Å². The summed E-state index contributed by atoms with van der Waals surface area (Å²) in [6.45, 7) is 3.02. The summed E-state index contributed by atoms with van der Waals surface area (Å²) in [5, 5.41) is 10.2. The highest BCUT2D eigenvalue weighted by Crippen LogP contribution is 2.25. The van der Waals surface area contributed by atoms with Crippen molar-refractivity contribution in [2.24, 2.45) is 0 Å². The summed E-state index contributed by atoms with van der Waals surface area (Å²) in [7, 11) is 0. The van der Waals surface area contributed by atoms with Crippen LogP contribution in [0.2, 0.25) is 0 Å². The van der Waals surface area contributed by atoms with Gasteiger partial charge in [-0.05, 0) is 44.4 Å². The number of H-pyrrole nitrogens is 1. The van der Waals surface area contributed by atoms with Crippen molar-refractivity contribution in [3.05, 3.63) is 40.2 Å². The SMILES string of the molecule is CC1CCCCN1c1cc2c(C(=O)O)cccc2c(=O)[nH]1.Cl. The minimum absolute atomic E-state index is 0. The molecular weight excluding hydrogens is 304 g/mol. The lowest BCUT2D eigenvalue weighted by Crippen LogP contribution is -2.38. The molecule has 3 rings (SSSR count). The number of aromatic nitrogens is 1. The first-order valence-corrected chi connectivity index (χ1v) is 7.24. The summed E-state index contributed by atoms with van der Waals surface area (Å²) < 4.78 is 0. The summed E-state index contributed by atoms with van der Waals surface area (Å²) in [5.41, 5.74) is -0.0621. The Hall–Kier alpha value is -2.01. The normalized spacial score (nSPS) is 18.0. The Bertz CT molecular complexity index is 757. The molecule has 2 N–H and O–H groups in total. The fourth-order valence-electron chi connectivity index (χ4n) is 3.07. The van der Waals surface area contributed by atoms with Gasteiger partial charge in [-0.3, -0.25) is 4.79 Å². The monoisotopic (exact) mass is 322 g/mol. The summed E-state index contributed by atoms with van der Waals surface area (Å²) in [4.78, 5) is 28.7. The summed E-state index contributed by atoms with van der Waals surface area (Å²) in [6, 6.07) is 6.94. The molecule has 0 spiro atoms. The Morgan fingerprint density at radius 2 is 2.09 bits per heavy atom. The van der Waals surface area contributed by atoms with Crippen molar-refractivity contribution in [3.8, 4) is 0 Å². The first-order valence-electron chi connectivity index (χ1n) is 7.24. The number of carboxylic acid groups (broad SMARTS) is 1. The zero-order valence-electron chi connectivity index (χ0n) is 12.3. The predicted octanol–water partition coefficient (Wildman–Crippen LogP) is 3.03. The summed E-state index contributed by atoms with van der Waals surface area (Å²) in [5.74, 6) is -0.294. The Morgan fingerprint density at radius 1 is 1.32 bits per heavy atom. The van der Waals surface area contributed by atoms with E-state index in [1.807, 2.05) is 0 Å². The van der Waals surface area contributed by atoms with Crippen LogP contribution in [-0.2, 0) is 0 Å². The number of pyridine rings is 1. The van der Waals surface area contributed by atoms with Crippen LogP contribution in [0.3, 0.4) is 0 Å². The minimum Gasteiger partial charge on any atom is -0.478 e. The zero-order valence-corrected chi connectivity index (χ0v) is 13.2. The van der Waals surface area contributed by atoms with Crippen LogP contribution in [0.25, 0.3) is 10.8 Å². The van der Waals surface area contributed by atoms with E-state index >= 15 is 0 Å². The van der Waals surface area contributed by atoms with Gasteiger partial charge < -0.3 is 15.0 Å². The second kappa shape index (κ2) is 6.40. The van der Waals surface area contributed by atoms with Crippen molar-refractivity contribution < 1.29 is 9.90 Å². The minimum atomic E-state index is -1.01. The van der Waals surface area contributed by atoms with Gasteiger partial charge in [0, 0.05) is 23.4 Å². The van der Waals surface area contributed by atoms with Crippen LogP contribution in [-0.4, -0.2) is 28.6 Å². The standard InChI is InChI=1S/C16H18N2O3.ClH/c1-10-5-2-3-8-18(10)14-9-13-11(15(19)17-14)6-4-7-12(13)16(20)21;/h4,6-7,9-10H,2-3,5,8H2,1H3,(H,17,19)(H,20,21);1H. The van der Waals surface area contributed by atoms with E-state index in [2.05, 4.69) is 16.8 Å². The van der Waals surface area contributed by atoms with Crippen LogP contribution in [0.15, 0.2) is 29.1 Å². The fraction of sp³-hybridized carbons (Fsp3) is 0.375. The lowest BCUT2D eigenvalue weighted by atomic mass is 10.0. The Kier molecular flexibility index (Phi) is 4.76. The third-order valence-electron chi connectivity index (χ3n) is 4.22. The number of hydrogen-bond acceptors (Lipinski definition) is 3. The number of nitrogens with one attached hydrogen (secondary N) is 1. The van der Waals surface area contributed by atoms with Crippen molar-refractivity contribution in [2.45, 2.75) is 32.2 Å². The van der Waals surface area contributed by atoms with Crippen molar-refractivity contribution in [2.75, 3.05) is 11.4 Å². The molecule has 1 atom stereocenters. The van der Waals surface area contributed by atoms with E-state index in [0.717, 1.165) is 19.4 Å². The molecule has 0 saturated carbocycles. The van der Waals surface area contributed by atoms with Gasteiger partial charge in [0.2, 0.25) is 0 Å². The maximum atomic E-state index is 12.2. The first kappa shape index (κ1) is 16.4. The molecular formula is C16H19ClN2O3. The third kappa shape index (κ3) is 2.81. The molecule has 0 radical (unpaired) electrons. The number of rotatable bonds is 2. The van der Waals surface area contributed by atoms with Crippen molar-refractivity contribution in [1.82, 2.24) is 4.98 Å². The molecule has 1 aliphatic heterocycles. The van der Waals surface area contributed by atoms with E-state index < -0.39 is 5.97 Å². The number of hydrogen-bond donors (Lipinski definition) is 2. The molecule has 22 heavy (non-hydrogen) atoms. The molecule has 2 heterocycles. The van der Waals surface area contributed by atoms with Gasteiger partial charge >= 0.3 is 5.97 Å². The number of anilines is 1. The lowest BCUT2D eigenvalue weighted by molar-refractivity contribution is 0.0699. The molecule has 0 aliphatic carbocycles. The molecule has 1 fully saturated rings. The average molecular weight is 323 g/mol. The number of fused-ring (bicyclic) bond motifs is 1. The molecule has 0 bridgehead atoms. The van der Waals surface area contributed by atoms with Gasteiger partial charge in [-0.25, -0.2) is 4.79 Å². The van der Waals surface area contributed by atoms with Gasteiger partial charge in [-0.1, -0.05) is 6.07 Å². The predicted molar refractivity (Wildman–Crippen MR) is 89.4 cm³/mol. The largest absolute Gasteiger partial charge is 0.478 e. The van der Waals surface area contributed by atoms with Crippen LogP contribution in [0.1, 0.15) is 36.5 Å². The highest BCUT2D eigenvalue weighted by atomic mass is 35.5. The second-order valence-corrected chi connectivity index (χ2v) is 5.59. The Balaban J connectivity index is 0.00000176. The topological polar surface area (TPSA) is 73.4 Å². The number of nitrogens with zero attached hydrogens (tertiary/aromatic N) is 1. The van der Waals surface area contributed by atoms with E-state index in [0.29, 0.717) is 22.6 Å². The van der Waals surface area contributed by atoms with Crippen LogP contribution in [0.4, 0.5) is 5.82 Å². The number of carbonyl (C=O) groups is 1. The highest BCUT2D eigenvalue weighted by Gasteiger charge is 2.21. The number of halogens is 1. The maximum absolute atomic E-state index is 12.2. The van der Waals surface area contributed by atoms with E-state index in [9.17, 15) is 14.7 Å². The zero-order chi connectivity index (χ0) is 15.0. The summed E-state index contributed by atoms with van der Waals surface area (Å²) in [6.07, 6.45) is 3.36. The van der Waals surface area contributed by atoms with Crippen molar-refractivity contribution in [3.63, 3.8) is 0 Å². The smallest absolute Gasteiger partial charge is 0.336 e. The Labute approximate surface area is 134 Å². The van der Waals surface area contributed by atoms with Crippen molar-refractivity contribution in [1.29, 1.82) is 0 Å². The number of benzene rings is 1. The molecule has 1 aliphatic rings. The molecule has 6 heteroatoms. The summed E-state index contributed by atoms with van der Waals surface area (Å²) >= 11 is 0. The molecule has 1 aromatic heterocycles. The van der Waals surface area contributed by atoms with E-state index in [1.165, 1.54) is 12.5 Å². The second-order valence-electron chi connectivity index (χ2n) is 5.59. The van der Waals surface area contributed by atoms with Crippen LogP contribution in [0, 0.1) is 0 Å². The van der Waals surface area contributed by atoms with Crippen LogP contribution in [0.5, 0.6) is 0 Å². The van der Waals surface area contributed by atoms with Gasteiger partial charge in [-0.2, -0.15) is 0 Å². The van der Waals surface area contributed by atoms with E-state index in [4.69, 9.17) is 0 Å². The molecule has 118 valence electrons. The molecule has 1 unspecified atom stereocenters. The molecule has 1 saturated heterocycles. The molecule has 2 aromatic rings. The molecule has 0 amide bonds. The number of carboxylic acids is 1. The van der Waals surface area contributed by atoms with Gasteiger partial charge in [0.1, 0.15) is 5.82 Å². The van der Waals surface area contributed by atoms with Crippen LogP contribution >= 0.6 is 12.4 Å². The molecule has 5 nitrogen and oxygen atoms in total. The highest BCUT2D eigenvalue weighted by molar-refractivity contribution is 6.04. The average Bonchev–Trinajstić information content (AvgIpc) is 2.47. The van der Waals surface area contributed by atoms with E-state index in [-0.39, 0.29) is 23.5 Å². The Morgan fingerprint density at radius 3 is 2.77 bits per heavy atom. The quantitative estimate of drug-likeness (QED) is 0.891.